The molecule has 15 heavy (non-hydrogen) atoms. The van der Waals surface area contributed by atoms with Crippen molar-refractivity contribution in [1.29, 1.82) is 0 Å². The third-order valence-electron chi connectivity index (χ3n) is 2.25. The lowest BCUT2D eigenvalue weighted by atomic mass is 10.2. The topological polar surface area (TPSA) is 17.1 Å². The molecular weight excluding hydrogens is 248 g/mol. The van der Waals surface area contributed by atoms with Crippen molar-refractivity contribution in [1.82, 2.24) is 0 Å². The van der Waals surface area contributed by atoms with Crippen molar-refractivity contribution in [2.24, 2.45) is 0 Å². The zero-order valence-corrected chi connectivity index (χ0v) is 10.7. The first kappa shape index (κ1) is 10.9. The number of carbonyl (C=O) groups excluding carboxylic acids is 1. The van der Waals surface area contributed by atoms with Gasteiger partial charge in [-0.15, -0.1) is 22.7 Å². The Morgan fingerprint density at radius 1 is 1.40 bits per heavy atom. The monoisotopic (exact) mass is 256 g/mol. The minimum absolute atomic E-state index is 0.0300. The van der Waals surface area contributed by atoms with E-state index in [1.54, 1.807) is 6.07 Å². The number of rotatable bonds is 2. The highest BCUT2D eigenvalue weighted by Gasteiger charge is 2.16. The van der Waals surface area contributed by atoms with Crippen molar-refractivity contribution in [3.05, 3.63) is 42.7 Å². The SMILES string of the molecule is Cc1cc(C(=O)c2ccsc2Cl)sc1C. The van der Waals surface area contributed by atoms with Crippen molar-refractivity contribution in [3.8, 4) is 0 Å². The van der Waals surface area contributed by atoms with Gasteiger partial charge in [0.05, 0.1) is 10.4 Å². The van der Waals surface area contributed by atoms with E-state index in [-0.39, 0.29) is 5.78 Å². The van der Waals surface area contributed by atoms with E-state index in [0.717, 1.165) is 10.4 Å². The fourth-order valence-corrected chi connectivity index (χ4v) is 3.18. The predicted molar refractivity (Wildman–Crippen MR) is 66.6 cm³/mol. The van der Waals surface area contributed by atoms with Gasteiger partial charge in [-0.3, -0.25) is 4.79 Å². The van der Waals surface area contributed by atoms with Crippen LogP contribution in [-0.4, -0.2) is 5.78 Å². The first-order chi connectivity index (χ1) is 7.09. The first-order valence-corrected chi connectivity index (χ1v) is 6.51. The lowest BCUT2D eigenvalue weighted by molar-refractivity contribution is 0.104. The standard InChI is InChI=1S/C11H9ClOS2/c1-6-5-9(15-7(6)2)10(13)8-3-4-14-11(8)12/h3-5H,1-2H3. The largest absolute Gasteiger partial charge is 0.288 e. The Morgan fingerprint density at radius 3 is 2.60 bits per heavy atom. The van der Waals surface area contributed by atoms with Gasteiger partial charge in [-0.25, -0.2) is 0 Å². The van der Waals surface area contributed by atoms with Crippen LogP contribution in [0.2, 0.25) is 4.34 Å². The second-order valence-corrected chi connectivity index (χ2v) is 6.06. The van der Waals surface area contributed by atoms with Crippen molar-refractivity contribution in [2.45, 2.75) is 13.8 Å². The Hall–Kier alpha value is -0.640. The minimum atomic E-state index is 0.0300. The molecule has 2 aromatic rings. The smallest absolute Gasteiger partial charge is 0.205 e. The maximum Gasteiger partial charge on any atom is 0.205 e. The second-order valence-electron chi connectivity index (χ2n) is 3.29. The zero-order valence-electron chi connectivity index (χ0n) is 8.33. The molecule has 0 bridgehead atoms. The molecule has 0 aliphatic rings. The van der Waals surface area contributed by atoms with Crippen molar-refractivity contribution >= 4 is 40.1 Å². The number of hydrogen-bond donors (Lipinski definition) is 0. The predicted octanol–water partition coefficient (Wildman–Crippen LogP) is 4.31. The molecule has 0 radical (unpaired) electrons. The van der Waals surface area contributed by atoms with Gasteiger partial charge in [-0.2, -0.15) is 0 Å². The number of aryl methyl sites for hydroxylation is 2. The summed E-state index contributed by atoms with van der Waals surface area (Å²) in [7, 11) is 0. The van der Waals surface area contributed by atoms with E-state index in [1.807, 2.05) is 25.3 Å². The average Bonchev–Trinajstić information content (AvgIpc) is 2.74. The van der Waals surface area contributed by atoms with Crippen LogP contribution in [0, 0.1) is 13.8 Å². The van der Waals surface area contributed by atoms with E-state index in [9.17, 15) is 4.79 Å². The summed E-state index contributed by atoms with van der Waals surface area (Å²) < 4.78 is 0.573. The first-order valence-electron chi connectivity index (χ1n) is 4.44. The van der Waals surface area contributed by atoms with Crippen LogP contribution in [-0.2, 0) is 0 Å². The zero-order chi connectivity index (χ0) is 11.0. The number of hydrogen-bond acceptors (Lipinski definition) is 3. The maximum atomic E-state index is 12.0. The molecule has 0 saturated carbocycles. The van der Waals surface area contributed by atoms with Gasteiger partial charge in [0.2, 0.25) is 5.78 Å². The molecule has 0 unspecified atom stereocenters. The van der Waals surface area contributed by atoms with Gasteiger partial charge in [0.15, 0.2) is 0 Å². The molecule has 1 nitrogen and oxygen atoms in total. The van der Waals surface area contributed by atoms with E-state index >= 15 is 0 Å². The number of halogens is 1. The molecule has 0 aromatic carbocycles. The third-order valence-corrected chi connectivity index (χ3v) is 4.57. The van der Waals surface area contributed by atoms with Crippen LogP contribution in [0.15, 0.2) is 17.5 Å². The molecular formula is C11H9ClOS2. The molecule has 0 aliphatic carbocycles. The van der Waals surface area contributed by atoms with Crippen LogP contribution in [0.25, 0.3) is 0 Å². The maximum absolute atomic E-state index is 12.0. The molecule has 0 N–H and O–H groups in total. The van der Waals surface area contributed by atoms with E-state index in [1.165, 1.54) is 27.6 Å². The van der Waals surface area contributed by atoms with Crippen LogP contribution in [0.4, 0.5) is 0 Å². The fourth-order valence-electron chi connectivity index (χ4n) is 1.27. The summed E-state index contributed by atoms with van der Waals surface area (Å²) in [6, 6.07) is 3.70. The van der Waals surface area contributed by atoms with Crippen molar-refractivity contribution < 1.29 is 4.79 Å². The van der Waals surface area contributed by atoms with Gasteiger partial charge in [-0.1, -0.05) is 11.6 Å². The van der Waals surface area contributed by atoms with Crippen LogP contribution in [0.5, 0.6) is 0 Å². The summed E-state index contributed by atoms with van der Waals surface area (Å²) in [5, 5.41) is 1.84. The van der Waals surface area contributed by atoms with Gasteiger partial charge in [0.25, 0.3) is 0 Å². The van der Waals surface area contributed by atoms with Crippen LogP contribution < -0.4 is 0 Å². The fraction of sp³-hybridized carbons (Fsp3) is 0.182. The van der Waals surface area contributed by atoms with Gasteiger partial charge >= 0.3 is 0 Å². The van der Waals surface area contributed by atoms with E-state index in [4.69, 9.17) is 11.6 Å². The van der Waals surface area contributed by atoms with Crippen LogP contribution in [0.3, 0.4) is 0 Å². The Bertz CT molecular complexity index is 491. The summed E-state index contributed by atoms with van der Waals surface area (Å²) in [6.45, 7) is 4.03. The molecule has 0 saturated heterocycles. The lowest BCUT2D eigenvalue weighted by Crippen LogP contribution is -1.96. The lowest BCUT2D eigenvalue weighted by Gasteiger charge is -1.93. The highest BCUT2D eigenvalue weighted by Crippen LogP contribution is 2.29. The van der Waals surface area contributed by atoms with E-state index < -0.39 is 0 Å². The highest BCUT2D eigenvalue weighted by atomic mass is 35.5. The van der Waals surface area contributed by atoms with Gasteiger partial charge in [-0.05, 0) is 36.9 Å². The molecule has 0 amide bonds. The summed E-state index contributed by atoms with van der Waals surface area (Å²) in [5.74, 6) is 0.0300. The molecule has 0 aliphatic heterocycles. The minimum Gasteiger partial charge on any atom is -0.288 e. The summed E-state index contributed by atoms with van der Waals surface area (Å²) in [6.07, 6.45) is 0. The average molecular weight is 257 g/mol. The third kappa shape index (κ3) is 2.00. The van der Waals surface area contributed by atoms with Crippen LogP contribution >= 0.6 is 34.3 Å². The van der Waals surface area contributed by atoms with Crippen molar-refractivity contribution in [2.75, 3.05) is 0 Å². The van der Waals surface area contributed by atoms with Gasteiger partial charge in [0.1, 0.15) is 4.34 Å². The van der Waals surface area contributed by atoms with E-state index in [2.05, 4.69) is 0 Å². The number of ketones is 1. The molecule has 0 spiro atoms. The molecule has 2 heterocycles. The van der Waals surface area contributed by atoms with Crippen LogP contribution in [0.1, 0.15) is 25.7 Å². The highest BCUT2D eigenvalue weighted by molar-refractivity contribution is 7.16. The number of carbonyl (C=O) groups is 1. The van der Waals surface area contributed by atoms with Gasteiger partial charge in [0, 0.05) is 4.88 Å². The Balaban J connectivity index is 2.41. The normalized spacial score (nSPS) is 10.6. The quantitative estimate of drug-likeness (QED) is 0.732. The second kappa shape index (κ2) is 4.08. The summed E-state index contributed by atoms with van der Waals surface area (Å²) >= 11 is 8.85. The summed E-state index contributed by atoms with van der Waals surface area (Å²) in [5.41, 5.74) is 1.78. The Kier molecular flexibility index (Phi) is 2.96. The van der Waals surface area contributed by atoms with Crippen molar-refractivity contribution in [3.63, 3.8) is 0 Å². The number of thiophene rings is 2. The van der Waals surface area contributed by atoms with Gasteiger partial charge < -0.3 is 0 Å². The molecule has 4 heteroatoms. The molecule has 0 fully saturated rings. The molecule has 2 aromatic heterocycles. The van der Waals surface area contributed by atoms with E-state index in [0.29, 0.717) is 9.90 Å². The molecule has 0 atom stereocenters. The Morgan fingerprint density at radius 2 is 2.13 bits per heavy atom. The molecule has 78 valence electrons. The Labute approximate surface area is 101 Å². The molecule has 2 rings (SSSR count). The summed E-state index contributed by atoms with van der Waals surface area (Å²) in [4.78, 5) is 14.0.